The molecule has 0 unspecified atom stereocenters. The maximum atomic E-state index is 4.68. The van der Waals surface area contributed by atoms with Gasteiger partial charge in [0.1, 0.15) is 0 Å². The van der Waals surface area contributed by atoms with Crippen molar-refractivity contribution in [3.63, 3.8) is 0 Å². The summed E-state index contributed by atoms with van der Waals surface area (Å²) in [4.78, 5) is 0. The largest absolute Gasteiger partial charge is 0.275 e. The molecule has 2 heterocycles. The Morgan fingerprint density at radius 2 is 0.481 bits per heavy atom. The molecular weight excluding hydrogens is 637 g/mol. The van der Waals surface area contributed by atoms with E-state index < -0.39 is 0 Å². The zero-order chi connectivity index (χ0) is 34.7. The van der Waals surface area contributed by atoms with E-state index in [4.69, 9.17) is 0 Å². The van der Waals surface area contributed by atoms with Crippen LogP contribution in [0.5, 0.6) is 0 Å². The van der Waals surface area contributed by atoms with Gasteiger partial charge in [0.15, 0.2) is 23.3 Å². The van der Waals surface area contributed by atoms with Gasteiger partial charge in [-0.3, -0.25) is 9.13 Å². The molecule has 0 saturated carbocycles. The molecule has 0 N–H and O–H groups in total. The molecule has 7 aromatic carbocycles. The van der Waals surface area contributed by atoms with E-state index in [1.165, 1.54) is 0 Å². The average molecular weight is 669 g/mol. The van der Waals surface area contributed by atoms with E-state index in [0.29, 0.717) is 0 Å². The van der Waals surface area contributed by atoms with Crippen LogP contribution in [0.15, 0.2) is 194 Å². The van der Waals surface area contributed by atoms with Crippen molar-refractivity contribution in [3.8, 4) is 79.2 Å². The lowest BCUT2D eigenvalue weighted by molar-refractivity contribution is 1.07. The molecule has 0 atom stereocenters. The molecule has 0 bridgehead atoms. The van der Waals surface area contributed by atoms with Crippen molar-refractivity contribution in [2.45, 2.75) is 0 Å². The molecule has 9 aromatic rings. The normalized spacial score (nSPS) is 11.1. The molecular formula is C46H32N6. The Bertz CT molecular complexity index is 2320. The van der Waals surface area contributed by atoms with Crippen LogP contribution in [0.1, 0.15) is 0 Å². The molecule has 9 rings (SSSR count). The van der Waals surface area contributed by atoms with E-state index in [1.54, 1.807) is 0 Å². The molecule has 52 heavy (non-hydrogen) atoms. The second-order valence-corrected chi connectivity index (χ2v) is 12.5. The van der Waals surface area contributed by atoms with Crippen LogP contribution in [0.25, 0.3) is 79.2 Å². The third-order valence-corrected chi connectivity index (χ3v) is 9.19. The maximum absolute atomic E-state index is 4.68. The molecule has 0 spiro atoms. The third-order valence-electron chi connectivity index (χ3n) is 9.19. The predicted octanol–water partition coefficient (Wildman–Crippen LogP) is 10.8. The topological polar surface area (TPSA) is 61.4 Å². The summed E-state index contributed by atoms with van der Waals surface area (Å²) in [6.07, 6.45) is 0. The molecule has 0 aliphatic rings. The van der Waals surface area contributed by atoms with Crippen LogP contribution in [0, 0.1) is 0 Å². The number of aromatic nitrogens is 6. The van der Waals surface area contributed by atoms with E-state index in [9.17, 15) is 0 Å². The number of rotatable bonds is 8. The highest BCUT2D eigenvalue weighted by Gasteiger charge is 2.19. The van der Waals surface area contributed by atoms with Gasteiger partial charge < -0.3 is 0 Å². The van der Waals surface area contributed by atoms with Crippen LogP contribution in [0.4, 0.5) is 0 Å². The quantitative estimate of drug-likeness (QED) is 0.162. The van der Waals surface area contributed by atoms with Crippen LogP contribution in [0.3, 0.4) is 0 Å². The summed E-state index contributed by atoms with van der Waals surface area (Å²) in [6.45, 7) is 0. The lowest BCUT2D eigenvalue weighted by Crippen LogP contribution is -2.01. The first kappa shape index (κ1) is 30.8. The average Bonchev–Trinajstić information content (AvgIpc) is 3.89. The van der Waals surface area contributed by atoms with Gasteiger partial charge in [0, 0.05) is 33.6 Å². The number of nitrogens with zero attached hydrogens (tertiary/aromatic N) is 6. The van der Waals surface area contributed by atoms with Crippen LogP contribution in [0.2, 0.25) is 0 Å². The fraction of sp³-hybridized carbons (Fsp3) is 0. The van der Waals surface area contributed by atoms with Crippen molar-refractivity contribution in [1.82, 2.24) is 29.5 Å². The SMILES string of the molecule is c1ccc(-c2nnc(-c3ccccc3)n2-c2cccc(-c3cccc(-c4cccc(-n5c(-c6ccccc6)nnc5-c5ccccc5)c4)c3)c2)cc1. The summed E-state index contributed by atoms with van der Waals surface area (Å²) >= 11 is 0. The Hall–Kier alpha value is -7.18. The van der Waals surface area contributed by atoms with Gasteiger partial charge in [-0.05, 0) is 52.6 Å². The van der Waals surface area contributed by atoms with Crippen molar-refractivity contribution >= 4 is 0 Å². The summed E-state index contributed by atoms with van der Waals surface area (Å²) in [6, 6.07) is 66.8. The highest BCUT2D eigenvalue weighted by molar-refractivity contribution is 5.77. The van der Waals surface area contributed by atoms with E-state index in [-0.39, 0.29) is 0 Å². The highest BCUT2D eigenvalue weighted by Crippen LogP contribution is 2.34. The third kappa shape index (κ3) is 5.88. The van der Waals surface area contributed by atoms with Crippen LogP contribution >= 0.6 is 0 Å². The van der Waals surface area contributed by atoms with E-state index in [0.717, 1.165) is 79.2 Å². The van der Waals surface area contributed by atoms with Gasteiger partial charge in [-0.1, -0.05) is 164 Å². The molecule has 246 valence electrons. The molecule has 6 heteroatoms. The van der Waals surface area contributed by atoms with E-state index >= 15 is 0 Å². The van der Waals surface area contributed by atoms with Gasteiger partial charge in [-0.2, -0.15) is 0 Å². The van der Waals surface area contributed by atoms with Crippen molar-refractivity contribution in [3.05, 3.63) is 194 Å². The zero-order valence-electron chi connectivity index (χ0n) is 28.2. The zero-order valence-corrected chi connectivity index (χ0v) is 28.2. The molecule has 0 aliphatic heterocycles. The first-order valence-corrected chi connectivity index (χ1v) is 17.2. The Labute approximate surface area is 302 Å². The van der Waals surface area contributed by atoms with Gasteiger partial charge in [-0.15, -0.1) is 20.4 Å². The lowest BCUT2D eigenvalue weighted by atomic mass is 9.98. The summed E-state index contributed by atoms with van der Waals surface area (Å²) in [7, 11) is 0. The van der Waals surface area contributed by atoms with Crippen molar-refractivity contribution in [1.29, 1.82) is 0 Å². The van der Waals surface area contributed by atoms with Crippen LogP contribution < -0.4 is 0 Å². The van der Waals surface area contributed by atoms with Crippen molar-refractivity contribution in [2.75, 3.05) is 0 Å². The smallest absolute Gasteiger partial charge is 0.168 e. The first-order chi connectivity index (χ1) is 25.8. The van der Waals surface area contributed by atoms with Gasteiger partial charge in [0.25, 0.3) is 0 Å². The summed E-state index contributed by atoms with van der Waals surface area (Å²) in [5.41, 5.74) is 10.4. The van der Waals surface area contributed by atoms with Gasteiger partial charge in [0.05, 0.1) is 0 Å². The fourth-order valence-electron chi connectivity index (χ4n) is 6.68. The summed E-state index contributed by atoms with van der Waals surface area (Å²) < 4.78 is 4.30. The van der Waals surface area contributed by atoms with Crippen molar-refractivity contribution < 1.29 is 0 Å². The standard InChI is InChI=1S/C46H32N6/c1-5-16-33(17-6-1)43-47-48-44(34-18-7-2-8-19-34)51(43)41-28-14-26-39(31-41)37-24-13-25-38(30-37)40-27-15-29-42(32-40)52-45(35-20-9-3-10-21-35)49-50-46(52)36-22-11-4-12-23-36/h1-32H. The minimum absolute atomic E-state index is 0.793. The van der Waals surface area contributed by atoms with E-state index in [2.05, 4.69) is 151 Å². The second-order valence-electron chi connectivity index (χ2n) is 12.5. The lowest BCUT2D eigenvalue weighted by Gasteiger charge is -2.14. The van der Waals surface area contributed by atoms with Gasteiger partial charge in [0.2, 0.25) is 0 Å². The Kier molecular flexibility index (Phi) is 8.08. The number of hydrogen-bond donors (Lipinski definition) is 0. The molecule has 6 nitrogen and oxygen atoms in total. The first-order valence-electron chi connectivity index (χ1n) is 17.2. The minimum atomic E-state index is 0.793. The molecule has 0 fully saturated rings. The number of benzene rings is 7. The van der Waals surface area contributed by atoms with Crippen LogP contribution in [-0.4, -0.2) is 29.5 Å². The fourth-order valence-corrected chi connectivity index (χ4v) is 6.68. The summed E-state index contributed by atoms with van der Waals surface area (Å²) in [5.74, 6) is 3.17. The molecule has 0 radical (unpaired) electrons. The van der Waals surface area contributed by atoms with Crippen LogP contribution in [-0.2, 0) is 0 Å². The van der Waals surface area contributed by atoms with Gasteiger partial charge >= 0.3 is 0 Å². The van der Waals surface area contributed by atoms with E-state index in [1.807, 2.05) is 72.8 Å². The Morgan fingerprint density at radius 3 is 0.788 bits per heavy atom. The molecule has 0 saturated heterocycles. The highest BCUT2D eigenvalue weighted by atomic mass is 15.3. The Morgan fingerprint density at radius 1 is 0.231 bits per heavy atom. The predicted molar refractivity (Wildman–Crippen MR) is 209 cm³/mol. The monoisotopic (exact) mass is 668 g/mol. The Balaban J connectivity index is 1.12. The maximum Gasteiger partial charge on any atom is 0.168 e. The molecule has 0 aliphatic carbocycles. The molecule has 0 amide bonds. The summed E-state index contributed by atoms with van der Waals surface area (Å²) in [5, 5.41) is 18.7. The number of hydrogen-bond acceptors (Lipinski definition) is 4. The second kappa shape index (κ2) is 13.6. The molecule has 2 aromatic heterocycles. The van der Waals surface area contributed by atoms with Gasteiger partial charge in [-0.25, -0.2) is 0 Å². The van der Waals surface area contributed by atoms with Crippen molar-refractivity contribution in [2.24, 2.45) is 0 Å². The minimum Gasteiger partial charge on any atom is -0.275 e.